The second kappa shape index (κ2) is 21.8. The Morgan fingerprint density at radius 3 is 1.53 bits per heavy atom. The van der Waals surface area contributed by atoms with E-state index < -0.39 is 11.2 Å². The van der Waals surface area contributed by atoms with E-state index in [0.717, 1.165) is 52.7 Å². The minimum atomic E-state index is -1.13. The average Bonchev–Trinajstić information content (AvgIpc) is 4.01. The lowest BCUT2D eigenvalue weighted by Crippen LogP contribution is -2.44. The Hall–Kier alpha value is -6.08. The predicted molar refractivity (Wildman–Crippen MR) is 280 cm³/mol. The van der Waals surface area contributed by atoms with Crippen molar-refractivity contribution >= 4 is 85.9 Å². The molecule has 4 N–H and O–H groups in total. The van der Waals surface area contributed by atoms with E-state index in [1.165, 1.54) is 0 Å². The standard InChI is InChI=1S/C23H31N7O3.C14H20ClN5O2.C11H14ClN5O/c1-6-24-22(31)25-16-9-7-15(8-10-16)18-26-19-17(29(5)21(28-19)23(3,4)32)20(27-18)30-11-12-33-13-14(30)2;1-8-7-22-6-5-20(8)11-9-10(17-13(15)18-11)16-12(19(9)4)14(2,3)21;1-7-5-18-4-3-17(7)10-8-9(13-6-16(8)2)14-11(12)15-10/h7-10,14,32H,6,11-13H2,1-5H3,(H2,24,25,31);8,21H,5-7H2,1-4H3;6-7H,3-5H2,1-2H3/t14-;8-;7-/m000/s1. The number of amides is 2. The van der Waals surface area contributed by atoms with Crippen molar-refractivity contribution in [3.63, 3.8) is 0 Å². The van der Waals surface area contributed by atoms with Crippen molar-refractivity contribution in [2.45, 2.75) is 84.7 Å². The lowest BCUT2D eigenvalue weighted by molar-refractivity contribution is 0.0658. The van der Waals surface area contributed by atoms with Crippen molar-refractivity contribution in [3.05, 3.63) is 52.8 Å². The molecule has 3 atom stereocenters. The van der Waals surface area contributed by atoms with Gasteiger partial charge in [0.05, 0.1) is 64.1 Å². The molecule has 1 aromatic carbocycles. The van der Waals surface area contributed by atoms with E-state index >= 15 is 0 Å². The van der Waals surface area contributed by atoms with Crippen LogP contribution in [0.15, 0.2) is 30.6 Å². The van der Waals surface area contributed by atoms with Gasteiger partial charge in [-0.15, -0.1) is 0 Å². The van der Waals surface area contributed by atoms with Gasteiger partial charge in [0.1, 0.15) is 39.4 Å². The largest absolute Gasteiger partial charge is 0.383 e. The van der Waals surface area contributed by atoms with Crippen LogP contribution in [0.4, 0.5) is 27.9 Å². The molecule has 73 heavy (non-hydrogen) atoms. The zero-order valence-electron chi connectivity index (χ0n) is 43.2. The number of carbonyl (C=O) groups excluding carboxylic acids is 1. The number of fused-ring (bicyclic) bond motifs is 3. The highest BCUT2D eigenvalue weighted by atomic mass is 35.5. The predicted octanol–water partition coefficient (Wildman–Crippen LogP) is 5.34. The molecule has 7 aromatic rings. The van der Waals surface area contributed by atoms with Crippen LogP contribution < -0.4 is 25.3 Å². The maximum atomic E-state index is 11.8. The van der Waals surface area contributed by atoms with Crippen molar-refractivity contribution < 1.29 is 29.2 Å². The molecule has 10 rings (SSSR count). The van der Waals surface area contributed by atoms with Crippen molar-refractivity contribution in [1.29, 1.82) is 0 Å². The Morgan fingerprint density at radius 1 is 0.644 bits per heavy atom. The monoisotopic (exact) mass is 1050 g/mol. The molecule has 0 saturated carbocycles. The zero-order chi connectivity index (χ0) is 52.5. The summed E-state index contributed by atoms with van der Waals surface area (Å²) < 4.78 is 22.2. The minimum absolute atomic E-state index is 0.133. The fourth-order valence-electron chi connectivity index (χ4n) is 9.15. The lowest BCUT2D eigenvalue weighted by atomic mass is 10.1. The normalized spacial score (nSPS) is 18.7. The van der Waals surface area contributed by atoms with Gasteiger partial charge in [-0.25, -0.2) is 29.7 Å². The molecule has 3 saturated heterocycles. The summed E-state index contributed by atoms with van der Waals surface area (Å²) in [6, 6.07) is 7.70. The Bertz CT molecular complexity index is 3080. The van der Waals surface area contributed by atoms with Gasteiger partial charge in [-0.05, 0) is 103 Å². The van der Waals surface area contributed by atoms with Crippen LogP contribution in [0.1, 0.15) is 67.0 Å². The quantitative estimate of drug-likeness (QED) is 0.140. The fraction of sp³-hybridized carbons (Fsp3) is 0.542. The highest BCUT2D eigenvalue weighted by Gasteiger charge is 2.32. The number of anilines is 4. The van der Waals surface area contributed by atoms with E-state index in [-0.39, 0.29) is 34.7 Å². The number of nitrogens with zero attached hydrogens (tertiary/aromatic N) is 15. The molecular weight excluding hydrogens is 982 g/mol. The van der Waals surface area contributed by atoms with Gasteiger partial charge >= 0.3 is 6.03 Å². The van der Waals surface area contributed by atoms with Gasteiger partial charge in [-0.3, -0.25) is 0 Å². The van der Waals surface area contributed by atoms with Gasteiger partial charge < -0.3 is 63.5 Å². The summed E-state index contributed by atoms with van der Waals surface area (Å²) in [5.41, 5.74) is 3.39. The molecule has 0 spiro atoms. The molecule has 0 radical (unpaired) electrons. The molecule has 25 heteroatoms. The summed E-state index contributed by atoms with van der Waals surface area (Å²) in [7, 11) is 5.66. The molecule has 9 heterocycles. The Morgan fingerprint density at radius 2 is 1.08 bits per heavy atom. The number of ether oxygens (including phenoxy) is 3. The van der Waals surface area contributed by atoms with E-state index in [1.807, 2.05) is 66.0 Å². The van der Waals surface area contributed by atoms with Crippen LogP contribution in [-0.4, -0.2) is 159 Å². The third-order valence-corrected chi connectivity index (χ3v) is 13.0. The van der Waals surface area contributed by atoms with Crippen LogP contribution in [0.3, 0.4) is 0 Å². The second-order valence-electron chi connectivity index (χ2n) is 19.4. The molecule has 2 amide bonds. The summed E-state index contributed by atoms with van der Waals surface area (Å²) in [5.74, 6) is 3.91. The number of benzene rings is 1. The number of aromatic nitrogens is 12. The first-order valence-electron chi connectivity index (χ1n) is 24.3. The number of hydrogen-bond donors (Lipinski definition) is 4. The summed E-state index contributed by atoms with van der Waals surface area (Å²) in [4.78, 5) is 58.5. The van der Waals surface area contributed by atoms with Crippen LogP contribution >= 0.6 is 23.2 Å². The van der Waals surface area contributed by atoms with Gasteiger partial charge in [0.2, 0.25) is 10.6 Å². The number of halogens is 2. The summed E-state index contributed by atoms with van der Waals surface area (Å²) in [6.07, 6.45) is 1.73. The fourth-order valence-corrected chi connectivity index (χ4v) is 9.47. The minimum Gasteiger partial charge on any atom is -0.383 e. The molecule has 3 aliphatic heterocycles. The molecule has 0 aliphatic carbocycles. The third-order valence-electron chi connectivity index (χ3n) is 12.7. The Kier molecular flexibility index (Phi) is 15.9. The molecular formula is C48H65Cl2N17O6. The second-order valence-corrected chi connectivity index (χ2v) is 20.1. The summed E-state index contributed by atoms with van der Waals surface area (Å²) in [5, 5.41) is 26.8. The van der Waals surface area contributed by atoms with Crippen LogP contribution in [0.5, 0.6) is 0 Å². The lowest BCUT2D eigenvalue weighted by Gasteiger charge is -2.34. The number of nitrogens with one attached hydrogen (secondary N) is 2. The highest BCUT2D eigenvalue weighted by Crippen LogP contribution is 2.34. The van der Waals surface area contributed by atoms with E-state index in [1.54, 1.807) is 34.0 Å². The van der Waals surface area contributed by atoms with Gasteiger partial charge in [0, 0.05) is 58.6 Å². The number of imidazole rings is 3. The van der Waals surface area contributed by atoms with Crippen LogP contribution in [-0.2, 0) is 46.6 Å². The highest BCUT2D eigenvalue weighted by molar-refractivity contribution is 6.29. The van der Waals surface area contributed by atoms with Gasteiger partial charge in [0.15, 0.2) is 40.2 Å². The van der Waals surface area contributed by atoms with E-state index in [4.69, 9.17) is 47.4 Å². The number of aryl methyl sites for hydroxylation is 3. The Labute approximate surface area is 433 Å². The van der Waals surface area contributed by atoms with Crippen molar-refractivity contribution in [2.75, 3.05) is 85.8 Å². The third kappa shape index (κ3) is 11.5. The average molecular weight is 1050 g/mol. The molecule has 3 fully saturated rings. The maximum Gasteiger partial charge on any atom is 0.319 e. The zero-order valence-corrected chi connectivity index (χ0v) is 44.7. The van der Waals surface area contributed by atoms with Crippen LogP contribution in [0.2, 0.25) is 10.6 Å². The number of hydrogen-bond acceptors (Lipinski definition) is 18. The molecule has 3 aliphatic rings. The maximum absolute atomic E-state index is 11.8. The molecule has 0 unspecified atom stereocenters. The molecule has 0 bridgehead atoms. The van der Waals surface area contributed by atoms with Crippen molar-refractivity contribution in [2.24, 2.45) is 21.1 Å². The Balaban J connectivity index is 0.000000154. The number of morpholine rings is 3. The van der Waals surface area contributed by atoms with Crippen molar-refractivity contribution in [1.82, 2.24) is 63.9 Å². The van der Waals surface area contributed by atoms with E-state index in [2.05, 4.69) is 81.0 Å². The van der Waals surface area contributed by atoms with Gasteiger partial charge in [-0.1, -0.05) is 0 Å². The van der Waals surface area contributed by atoms with E-state index in [9.17, 15) is 15.0 Å². The van der Waals surface area contributed by atoms with Gasteiger partial charge in [-0.2, -0.15) is 19.9 Å². The first-order chi connectivity index (χ1) is 34.6. The summed E-state index contributed by atoms with van der Waals surface area (Å²) >= 11 is 12.0. The number of urea groups is 1. The number of rotatable bonds is 8. The first kappa shape index (κ1) is 53.2. The SMILES string of the molecule is CCNC(=O)Nc1ccc(-c2nc(N3CCOC[C@@H]3C)c3c(n2)nc(C(C)(C)O)n3C)cc1.C[C@H]1COCCN1c1nc(Cl)nc2nc(C(C)(C)O)n(C)c12.C[C@H]1COCCN1c1nc(Cl)nc2ncn(C)c12. The number of aliphatic hydroxyl groups is 2. The van der Waals surface area contributed by atoms with Crippen LogP contribution in [0, 0.1) is 0 Å². The molecule has 6 aromatic heterocycles. The van der Waals surface area contributed by atoms with E-state index in [0.29, 0.717) is 92.8 Å². The topological polar surface area (TPSA) is 250 Å². The van der Waals surface area contributed by atoms with Crippen LogP contribution in [0.25, 0.3) is 44.9 Å². The number of carbonyl (C=O) groups is 1. The van der Waals surface area contributed by atoms with Gasteiger partial charge in [0.25, 0.3) is 0 Å². The molecule has 23 nitrogen and oxygen atoms in total. The smallest absolute Gasteiger partial charge is 0.319 e. The molecule has 392 valence electrons. The summed E-state index contributed by atoms with van der Waals surface area (Å²) in [6.45, 7) is 21.6. The first-order valence-corrected chi connectivity index (χ1v) is 25.0. The van der Waals surface area contributed by atoms with Crippen molar-refractivity contribution in [3.8, 4) is 11.4 Å².